The zero-order valence-corrected chi connectivity index (χ0v) is 18.1. The van der Waals surface area contributed by atoms with Crippen molar-refractivity contribution in [3.63, 3.8) is 0 Å². The molecule has 2 aromatic heterocycles. The quantitative estimate of drug-likeness (QED) is 0.346. The number of hydrazone groups is 1. The molecule has 0 bridgehead atoms. The van der Waals surface area contributed by atoms with Crippen molar-refractivity contribution in [3.8, 4) is 23.3 Å². The number of nitrogens with two attached hydrogens (primary N) is 1. The van der Waals surface area contributed by atoms with E-state index in [0.717, 1.165) is 37.3 Å². The van der Waals surface area contributed by atoms with E-state index < -0.39 is 0 Å². The lowest BCUT2D eigenvalue weighted by molar-refractivity contribution is 0.398. The van der Waals surface area contributed by atoms with E-state index in [1.165, 1.54) is 0 Å². The van der Waals surface area contributed by atoms with E-state index in [9.17, 15) is 0 Å². The highest BCUT2D eigenvalue weighted by molar-refractivity contribution is 5.89. The van der Waals surface area contributed by atoms with Gasteiger partial charge >= 0.3 is 0 Å². The van der Waals surface area contributed by atoms with Crippen molar-refractivity contribution < 1.29 is 4.74 Å². The SMILES string of the molecule is COc1cc(-c2nnc(N3CCCCC3/C(N)=N/Nc3cccc(C#N)c3)n2C)ccn1. The molecule has 1 aliphatic rings. The third-order valence-corrected chi connectivity index (χ3v) is 5.46. The van der Waals surface area contributed by atoms with Gasteiger partial charge < -0.3 is 15.4 Å². The van der Waals surface area contributed by atoms with Gasteiger partial charge in [-0.1, -0.05) is 6.07 Å². The minimum Gasteiger partial charge on any atom is -0.481 e. The van der Waals surface area contributed by atoms with Crippen LogP contribution in [-0.4, -0.2) is 45.3 Å². The van der Waals surface area contributed by atoms with E-state index in [1.807, 2.05) is 29.8 Å². The van der Waals surface area contributed by atoms with Gasteiger partial charge in [-0.2, -0.15) is 10.4 Å². The standard InChI is InChI=1S/C22H25N9O/c1-30-21(16-9-10-25-19(13-16)32-2)28-29-22(30)31-11-4-3-8-18(31)20(24)27-26-17-7-5-6-15(12-17)14-23/h5-7,9-10,12-13,18,26H,3-4,8,11H2,1-2H3,(H2,24,27). The number of piperidine rings is 1. The second kappa shape index (κ2) is 9.34. The fraction of sp³-hybridized carbons (Fsp3) is 0.318. The first-order chi connectivity index (χ1) is 15.6. The van der Waals surface area contributed by atoms with Gasteiger partial charge in [-0.25, -0.2) is 4.98 Å². The fourth-order valence-electron chi connectivity index (χ4n) is 3.82. The molecule has 1 aromatic carbocycles. The van der Waals surface area contributed by atoms with Crippen molar-refractivity contribution in [2.45, 2.75) is 25.3 Å². The number of pyridine rings is 1. The number of nitrogens with one attached hydrogen (secondary N) is 1. The Bertz CT molecular complexity index is 1160. The molecule has 1 aliphatic heterocycles. The molecule has 10 heteroatoms. The maximum atomic E-state index is 9.07. The van der Waals surface area contributed by atoms with E-state index in [-0.39, 0.29) is 6.04 Å². The first-order valence-electron chi connectivity index (χ1n) is 10.4. The average molecular weight is 432 g/mol. The predicted octanol–water partition coefficient (Wildman–Crippen LogP) is 2.50. The van der Waals surface area contributed by atoms with Crippen LogP contribution in [0, 0.1) is 11.3 Å². The second-order valence-electron chi connectivity index (χ2n) is 7.52. The molecule has 1 fully saturated rings. The lowest BCUT2D eigenvalue weighted by Gasteiger charge is -2.35. The molecule has 32 heavy (non-hydrogen) atoms. The number of hydrogen-bond donors (Lipinski definition) is 2. The number of anilines is 2. The van der Waals surface area contributed by atoms with Gasteiger partial charge in [0.25, 0.3) is 0 Å². The molecule has 0 aliphatic carbocycles. The molecule has 3 heterocycles. The average Bonchev–Trinajstić information content (AvgIpc) is 3.23. The molecular formula is C22H25N9O. The van der Waals surface area contributed by atoms with Crippen LogP contribution in [0.4, 0.5) is 11.6 Å². The summed E-state index contributed by atoms with van der Waals surface area (Å²) in [5.41, 5.74) is 11.5. The third kappa shape index (κ3) is 4.32. The highest BCUT2D eigenvalue weighted by Crippen LogP contribution is 2.27. The maximum Gasteiger partial charge on any atom is 0.227 e. The molecule has 3 N–H and O–H groups in total. The largest absolute Gasteiger partial charge is 0.481 e. The van der Waals surface area contributed by atoms with E-state index in [4.69, 9.17) is 15.7 Å². The zero-order valence-electron chi connectivity index (χ0n) is 18.1. The molecule has 1 unspecified atom stereocenters. The molecule has 1 atom stereocenters. The summed E-state index contributed by atoms with van der Waals surface area (Å²) >= 11 is 0. The zero-order chi connectivity index (χ0) is 22.5. The monoisotopic (exact) mass is 431 g/mol. The number of nitriles is 1. The van der Waals surface area contributed by atoms with E-state index in [0.29, 0.717) is 28.8 Å². The van der Waals surface area contributed by atoms with Crippen LogP contribution in [0.1, 0.15) is 24.8 Å². The lowest BCUT2D eigenvalue weighted by Crippen LogP contribution is -2.49. The fourth-order valence-corrected chi connectivity index (χ4v) is 3.82. The molecule has 0 saturated carbocycles. The van der Waals surface area contributed by atoms with Gasteiger partial charge in [0.1, 0.15) is 5.84 Å². The Labute approximate surface area is 186 Å². The number of aromatic nitrogens is 4. The minimum atomic E-state index is -0.113. The molecule has 10 nitrogen and oxygen atoms in total. The minimum absolute atomic E-state index is 0.113. The van der Waals surface area contributed by atoms with Gasteiger partial charge in [-0.05, 0) is 43.5 Å². The summed E-state index contributed by atoms with van der Waals surface area (Å²) in [6.45, 7) is 0.802. The third-order valence-electron chi connectivity index (χ3n) is 5.46. The molecule has 1 saturated heterocycles. The Morgan fingerprint density at radius 1 is 1.28 bits per heavy atom. The molecule has 0 amide bonds. The first kappa shape index (κ1) is 21.1. The number of ether oxygens (including phenoxy) is 1. The predicted molar refractivity (Wildman–Crippen MR) is 122 cm³/mol. The Morgan fingerprint density at radius 3 is 2.97 bits per heavy atom. The Morgan fingerprint density at radius 2 is 2.16 bits per heavy atom. The molecule has 4 rings (SSSR count). The van der Waals surface area contributed by atoms with Crippen molar-refractivity contribution in [2.24, 2.45) is 17.9 Å². The lowest BCUT2D eigenvalue weighted by atomic mass is 10.0. The molecule has 0 radical (unpaired) electrons. The topological polar surface area (TPSA) is 130 Å². The molecular weight excluding hydrogens is 406 g/mol. The van der Waals surface area contributed by atoms with Gasteiger partial charge in [0, 0.05) is 31.4 Å². The van der Waals surface area contributed by atoms with E-state index in [1.54, 1.807) is 31.5 Å². The van der Waals surface area contributed by atoms with Gasteiger partial charge in [0.2, 0.25) is 11.8 Å². The smallest absolute Gasteiger partial charge is 0.227 e. The second-order valence-corrected chi connectivity index (χ2v) is 7.52. The molecule has 164 valence electrons. The number of hydrogen-bond acceptors (Lipinski definition) is 8. The first-order valence-corrected chi connectivity index (χ1v) is 10.4. The van der Waals surface area contributed by atoms with Crippen molar-refractivity contribution in [1.82, 2.24) is 19.7 Å². The number of rotatable bonds is 6. The van der Waals surface area contributed by atoms with Gasteiger partial charge in [-0.15, -0.1) is 10.2 Å². The van der Waals surface area contributed by atoms with Crippen LogP contribution in [0.15, 0.2) is 47.7 Å². The van der Waals surface area contributed by atoms with Crippen LogP contribution in [0.3, 0.4) is 0 Å². The number of amidine groups is 1. The summed E-state index contributed by atoms with van der Waals surface area (Å²) in [5.74, 6) is 2.42. The maximum absolute atomic E-state index is 9.07. The van der Waals surface area contributed by atoms with Crippen LogP contribution >= 0.6 is 0 Å². The van der Waals surface area contributed by atoms with Gasteiger partial charge in [0.15, 0.2) is 5.82 Å². The summed E-state index contributed by atoms with van der Waals surface area (Å²) in [7, 11) is 3.52. The summed E-state index contributed by atoms with van der Waals surface area (Å²) in [6, 6.07) is 12.8. The number of benzene rings is 1. The summed E-state index contributed by atoms with van der Waals surface area (Å²) in [5, 5.41) is 22.3. The number of nitrogens with zero attached hydrogens (tertiary/aromatic N) is 7. The van der Waals surface area contributed by atoms with Crippen molar-refractivity contribution in [1.29, 1.82) is 5.26 Å². The Hall–Kier alpha value is -4.13. The normalized spacial score (nSPS) is 16.5. The summed E-state index contributed by atoms with van der Waals surface area (Å²) in [4.78, 5) is 6.30. The van der Waals surface area contributed by atoms with Crippen LogP contribution in [0.2, 0.25) is 0 Å². The molecule has 0 spiro atoms. The summed E-state index contributed by atoms with van der Waals surface area (Å²) in [6.07, 6.45) is 4.63. The Kier molecular flexibility index (Phi) is 6.17. The van der Waals surface area contributed by atoms with Crippen LogP contribution in [-0.2, 0) is 7.05 Å². The number of methoxy groups -OCH3 is 1. The summed E-state index contributed by atoms with van der Waals surface area (Å²) < 4.78 is 7.18. The van der Waals surface area contributed by atoms with Crippen molar-refractivity contribution in [2.75, 3.05) is 24.0 Å². The van der Waals surface area contributed by atoms with Crippen molar-refractivity contribution in [3.05, 3.63) is 48.2 Å². The van der Waals surface area contributed by atoms with Gasteiger partial charge in [0.05, 0.1) is 30.5 Å². The van der Waals surface area contributed by atoms with Crippen LogP contribution < -0.4 is 20.8 Å². The van der Waals surface area contributed by atoms with Gasteiger partial charge in [-0.3, -0.25) is 9.99 Å². The van der Waals surface area contributed by atoms with Crippen LogP contribution in [0.25, 0.3) is 11.4 Å². The van der Waals surface area contributed by atoms with Crippen LogP contribution in [0.5, 0.6) is 5.88 Å². The molecule has 3 aromatic rings. The highest BCUT2D eigenvalue weighted by atomic mass is 16.5. The highest BCUT2D eigenvalue weighted by Gasteiger charge is 2.30. The van der Waals surface area contributed by atoms with Crippen molar-refractivity contribution >= 4 is 17.5 Å². The van der Waals surface area contributed by atoms with E-state index in [2.05, 4.69) is 36.7 Å². The van der Waals surface area contributed by atoms with E-state index >= 15 is 0 Å². The Balaban J connectivity index is 1.58.